The van der Waals surface area contributed by atoms with Crippen LogP contribution < -0.4 is 11.2 Å². The molecule has 0 bridgehead atoms. The number of nitrogens with zero attached hydrogens (tertiary/aromatic N) is 1. The molecule has 3 atom stereocenters. The molecule has 1 aromatic heterocycles. The van der Waals surface area contributed by atoms with Crippen LogP contribution in [-0.2, 0) is 23.8 Å². The van der Waals surface area contributed by atoms with Gasteiger partial charge < -0.3 is 14.2 Å². The summed E-state index contributed by atoms with van der Waals surface area (Å²) in [6.07, 6.45) is 1.76. The van der Waals surface area contributed by atoms with Crippen LogP contribution in [0.15, 0.2) is 15.8 Å². The van der Waals surface area contributed by atoms with Crippen LogP contribution in [0.5, 0.6) is 0 Å². The molecule has 0 amide bonds. The van der Waals surface area contributed by atoms with Crippen LogP contribution in [0.25, 0.3) is 0 Å². The van der Waals surface area contributed by atoms with Gasteiger partial charge in [-0.3, -0.25) is 23.9 Å². The Bertz CT molecular complexity index is 820. The molecule has 1 fully saturated rings. The Kier molecular flexibility index (Phi) is 8.56. The van der Waals surface area contributed by atoms with Crippen molar-refractivity contribution in [3.8, 4) is 0 Å². The fourth-order valence-corrected chi connectivity index (χ4v) is 2.94. The molecule has 2 heterocycles. The van der Waals surface area contributed by atoms with E-state index in [0.717, 1.165) is 23.6 Å². The van der Waals surface area contributed by atoms with E-state index in [1.54, 1.807) is 0 Å². The number of nitrogens with one attached hydrogen (secondary N) is 1. The molecule has 1 aliphatic rings. The van der Waals surface area contributed by atoms with E-state index in [2.05, 4.69) is 0 Å². The molecule has 0 spiro atoms. The first-order valence-corrected chi connectivity index (χ1v) is 9.87. The Balaban J connectivity index is 2.11. The minimum absolute atomic E-state index is 0.0560. The average molecular weight is 414 g/mol. The van der Waals surface area contributed by atoms with Gasteiger partial charge in [0.05, 0.1) is 6.20 Å². The number of hydrogen-bond donors (Lipinski definition) is 1. The van der Waals surface area contributed by atoms with Crippen molar-refractivity contribution in [2.24, 2.45) is 0 Å². The normalized spacial score (nSPS) is 21.1. The van der Waals surface area contributed by atoms with Crippen molar-refractivity contribution >= 4 is 11.9 Å². The SMILES string of the molecule is CCCCC(=O)OC[C@H]1O[C@@H](n2cc(F)c(=O)[nH]c2=O)C[C@@H]1OC(=O)CCCC. The number of hydrogen-bond acceptors (Lipinski definition) is 7. The van der Waals surface area contributed by atoms with E-state index in [1.165, 1.54) is 0 Å². The summed E-state index contributed by atoms with van der Waals surface area (Å²) in [6.45, 7) is 3.73. The van der Waals surface area contributed by atoms with E-state index < -0.39 is 47.4 Å². The lowest BCUT2D eigenvalue weighted by Gasteiger charge is -2.19. The number of rotatable bonds is 10. The summed E-state index contributed by atoms with van der Waals surface area (Å²) in [6, 6.07) is 0. The summed E-state index contributed by atoms with van der Waals surface area (Å²) < 4.78 is 30.9. The van der Waals surface area contributed by atoms with Gasteiger partial charge >= 0.3 is 17.6 Å². The van der Waals surface area contributed by atoms with E-state index in [9.17, 15) is 23.6 Å². The third kappa shape index (κ3) is 6.52. The van der Waals surface area contributed by atoms with Crippen molar-refractivity contribution in [1.82, 2.24) is 9.55 Å². The predicted octanol–water partition coefficient (Wildman–Crippen LogP) is 1.80. The molecule has 9 nitrogen and oxygen atoms in total. The maximum absolute atomic E-state index is 13.6. The van der Waals surface area contributed by atoms with Gasteiger partial charge in [0.25, 0.3) is 5.56 Å². The number of ether oxygens (including phenoxy) is 3. The molecule has 0 radical (unpaired) electrons. The Morgan fingerprint density at radius 1 is 1.21 bits per heavy atom. The summed E-state index contributed by atoms with van der Waals surface area (Å²) in [4.78, 5) is 48.9. The number of H-pyrrole nitrogens is 1. The largest absolute Gasteiger partial charge is 0.463 e. The molecule has 2 rings (SSSR count). The molecule has 0 saturated carbocycles. The van der Waals surface area contributed by atoms with E-state index in [-0.39, 0.29) is 25.9 Å². The molecule has 162 valence electrons. The smallest absolute Gasteiger partial charge is 0.330 e. The second-order valence-electron chi connectivity index (χ2n) is 6.93. The van der Waals surface area contributed by atoms with Gasteiger partial charge in [-0.25, -0.2) is 4.79 Å². The lowest BCUT2D eigenvalue weighted by Crippen LogP contribution is -2.34. The van der Waals surface area contributed by atoms with Crippen LogP contribution in [-0.4, -0.2) is 40.3 Å². The third-order valence-corrected chi connectivity index (χ3v) is 4.58. The van der Waals surface area contributed by atoms with E-state index in [0.29, 0.717) is 12.8 Å². The van der Waals surface area contributed by atoms with Gasteiger partial charge in [-0.2, -0.15) is 4.39 Å². The predicted molar refractivity (Wildman–Crippen MR) is 99.7 cm³/mol. The monoisotopic (exact) mass is 414 g/mol. The molecule has 0 aliphatic carbocycles. The summed E-state index contributed by atoms with van der Waals surface area (Å²) >= 11 is 0. The van der Waals surface area contributed by atoms with E-state index in [4.69, 9.17) is 14.2 Å². The molecule has 1 saturated heterocycles. The Morgan fingerprint density at radius 2 is 1.86 bits per heavy atom. The van der Waals surface area contributed by atoms with Crippen molar-refractivity contribution in [1.29, 1.82) is 0 Å². The molecule has 1 N–H and O–H groups in total. The van der Waals surface area contributed by atoms with E-state index >= 15 is 0 Å². The van der Waals surface area contributed by atoms with Gasteiger partial charge in [0.15, 0.2) is 0 Å². The zero-order valence-electron chi connectivity index (χ0n) is 16.6. The van der Waals surface area contributed by atoms with Crippen LogP contribution in [0.1, 0.15) is 65.0 Å². The van der Waals surface area contributed by atoms with Crippen LogP contribution in [0.4, 0.5) is 4.39 Å². The zero-order chi connectivity index (χ0) is 21.4. The molecule has 1 aliphatic heterocycles. The zero-order valence-corrected chi connectivity index (χ0v) is 16.6. The number of aromatic nitrogens is 2. The summed E-state index contributed by atoms with van der Waals surface area (Å²) in [7, 11) is 0. The van der Waals surface area contributed by atoms with Crippen LogP contribution >= 0.6 is 0 Å². The van der Waals surface area contributed by atoms with Crippen molar-refractivity contribution in [3.05, 3.63) is 32.9 Å². The first-order chi connectivity index (χ1) is 13.8. The first-order valence-electron chi connectivity index (χ1n) is 9.87. The summed E-state index contributed by atoms with van der Waals surface area (Å²) in [5, 5.41) is 0. The number of carbonyl (C=O) groups is 2. The van der Waals surface area contributed by atoms with Crippen LogP contribution in [0.3, 0.4) is 0 Å². The molecule has 10 heteroatoms. The maximum Gasteiger partial charge on any atom is 0.330 e. The van der Waals surface area contributed by atoms with Gasteiger partial charge in [-0.15, -0.1) is 0 Å². The Hall–Kier alpha value is -2.49. The Labute approximate surface area is 167 Å². The van der Waals surface area contributed by atoms with Gasteiger partial charge in [0.2, 0.25) is 5.82 Å². The van der Waals surface area contributed by atoms with E-state index in [1.807, 2.05) is 18.8 Å². The number of esters is 2. The third-order valence-electron chi connectivity index (χ3n) is 4.58. The van der Waals surface area contributed by atoms with Gasteiger partial charge in [-0.05, 0) is 12.8 Å². The highest BCUT2D eigenvalue weighted by Gasteiger charge is 2.40. The highest BCUT2D eigenvalue weighted by atomic mass is 19.1. The minimum atomic E-state index is -1.14. The summed E-state index contributed by atoms with van der Waals surface area (Å²) in [5.41, 5.74) is -1.98. The highest BCUT2D eigenvalue weighted by Crippen LogP contribution is 2.30. The summed E-state index contributed by atoms with van der Waals surface area (Å²) in [5.74, 6) is -1.97. The number of unbranched alkanes of at least 4 members (excludes halogenated alkanes) is 2. The highest BCUT2D eigenvalue weighted by molar-refractivity contribution is 5.70. The molecule has 0 aromatic carbocycles. The number of carbonyl (C=O) groups excluding carboxylic acids is 2. The fraction of sp³-hybridized carbons (Fsp3) is 0.684. The molecule has 29 heavy (non-hydrogen) atoms. The fourth-order valence-electron chi connectivity index (χ4n) is 2.94. The number of halogens is 1. The quantitative estimate of drug-likeness (QED) is 0.580. The van der Waals surface area contributed by atoms with Crippen molar-refractivity contribution in [3.63, 3.8) is 0 Å². The second-order valence-corrected chi connectivity index (χ2v) is 6.93. The Morgan fingerprint density at radius 3 is 2.52 bits per heavy atom. The molecular formula is C19H27FN2O7. The van der Waals surface area contributed by atoms with Gasteiger partial charge in [0, 0.05) is 19.3 Å². The molecule has 0 unspecified atom stereocenters. The topological polar surface area (TPSA) is 117 Å². The maximum atomic E-state index is 13.6. The second kappa shape index (κ2) is 10.9. The first kappa shape index (κ1) is 22.8. The van der Waals surface area contributed by atoms with Crippen molar-refractivity contribution < 1.29 is 28.2 Å². The lowest BCUT2D eigenvalue weighted by molar-refractivity contribution is -0.158. The van der Waals surface area contributed by atoms with Gasteiger partial charge in [-0.1, -0.05) is 26.7 Å². The molecular weight excluding hydrogens is 387 g/mol. The van der Waals surface area contributed by atoms with Crippen molar-refractivity contribution in [2.45, 2.75) is 77.2 Å². The standard InChI is InChI=1S/C19H27FN2O7/c1-3-5-7-16(23)27-11-14-13(29-17(24)8-6-4-2)9-15(28-14)22-10-12(20)18(25)21-19(22)26/h10,13-15H,3-9,11H2,1-2H3,(H,21,25,26)/t13-,14+,15+/m0/s1. The minimum Gasteiger partial charge on any atom is -0.463 e. The average Bonchev–Trinajstić information content (AvgIpc) is 3.08. The number of aromatic amines is 1. The van der Waals surface area contributed by atoms with Crippen molar-refractivity contribution in [2.75, 3.05) is 6.61 Å². The van der Waals surface area contributed by atoms with Crippen LogP contribution in [0, 0.1) is 5.82 Å². The van der Waals surface area contributed by atoms with Gasteiger partial charge in [0.1, 0.15) is 25.0 Å². The van der Waals surface area contributed by atoms with Crippen LogP contribution in [0.2, 0.25) is 0 Å². The lowest BCUT2D eigenvalue weighted by atomic mass is 10.1. The molecule has 1 aromatic rings.